The van der Waals surface area contributed by atoms with Gasteiger partial charge < -0.3 is 10.1 Å². The number of amides is 1. The van der Waals surface area contributed by atoms with Gasteiger partial charge in [0.05, 0.1) is 19.2 Å². The average molecular weight is 388 g/mol. The number of nitrogens with zero attached hydrogens (tertiary/aromatic N) is 1. The first-order valence-corrected chi connectivity index (χ1v) is 8.33. The number of aliphatic imine (C=N–C) groups is 1. The molecule has 1 aliphatic heterocycles. The van der Waals surface area contributed by atoms with Gasteiger partial charge in [-0.05, 0) is 36.8 Å². The summed E-state index contributed by atoms with van der Waals surface area (Å²) in [5.74, 6) is 1.14. The van der Waals surface area contributed by atoms with Crippen molar-refractivity contribution >= 4 is 56.1 Å². The number of amidine groups is 1. The van der Waals surface area contributed by atoms with E-state index in [9.17, 15) is 4.79 Å². The summed E-state index contributed by atoms with van der Waals surface area (Å²) in [6, 6.07) is 3.59. The van der Waals surface area contributed by atoms with Crippen molar-refractivity contribution in [2.45, 2.75) is 6.92 Å². The summed E-state index contributed by atoms with van der Waals surface area (Å²) in [6.45, 7) is 2.64. The van der Waals surface area contributed by atoms with E-state index in [1.54, 1.807) is 17.8 Å². The van der Waals surface area contributed by atoms with Crippen molar-refractivity contribution < 1.29 is 9.53 Å². The second-order valence-corrected chi connectivity index (χ2v) is 6.65. The molecule has 5 nitrogen and oxygen atoms in total. The number of nitrogens with one attached hydrogen (secondary N) is 2. The van der Waals surface area contributed by atoms with Gasteiger partial charge in [-0.2, -0.15) is 0 Å². The predicted octanol–water partition coefficient (Wildman–Crippen LogP) is 2.47. The first-order valence-electron chi connectivity index (χ1n) is 6.15. The summed E-state index contributed by atoms with van der Waals surface area (Å²) in [5, 5.41) is 6.51. The normalized spacial score (nSPS) is 13.6. The van der Waals surface area contributed by atoms with E-state index in [1.807, 2.05) is 13.0 Å². The molecule has 0 spiro atoms. The minimum atomic E-state index is -0.322. The zero-order chi connectivity index (χ0) is 15.4. The first kappa shape index (κ1) is 16.3. The van der Waals surface area contributed by atoms with Gasteiger partial charge in [-0.3, -0.25) is 15.1 Å². The molecule has 0 aliphatic carbocycles. The molecule has 0 saturated carbocycles. The molecule has 1 aliphatic rings. The lowest BCUT2D eigenvalue weighted by molar-refractivity contribution is 0.0974. The third kappa shape index (κ3) is 4.18. The standard InChI is InChI=1S/C13H14BrN3O2S2/c1-7-5-8(14)6-9(10(7)19-2)11(18)16-12(20)17-13-15-3-4-21-13/h5-6H,3-4H2,1-2H3,(H2,15,16,17,18,20). The Kier molecular flexibility index (Phi) is 5.60. The van der Waals surface area contributed by atoms with Gasteiger partial charge >= 0.3 is 0 Å². The monoisotopic (exact) mass is 387 g/mol. The van der Waals surface area contributed by atoms with Crippen LogP contribution < -0.4 is 15.4 Å². The Morgan fingerprint density at radius 3 is 2.90 bits per heavy atom. The van der Waals surface area contributed by atoms with Gasteiger partial charge in [0.25, 0.3) is 5.91 Å². The van der Waals surface area contributed by atoms with E-state index in [1.165, 1.54) is 7.11 Å². The molecule has 2 N–H and O–H groups in total. The van der Waals surface area contributed by atoms with Crippen LogP contribution >= 0.6 is 39.9 Å². The number of thiocarbonyl (C=S) groups is 1. The lowest BCUT2D eigenvalue weighted by atomic mass is 10.1. The number of aryl methyl sites for hydroxylation is 1. The smallest absolute Gasteiger partial charge is 0.261 e. The van der Waals surface area contributed by atoms with Crippen molar-refractivity contribution in [1.29, 1.82) is 0 Å². The van der Waals surface area contributed by atoms with Crippen molar-refractivity contribution in [1.82, 2.24) is 10.6 Å². The largest absolute Gasteiger partial charge is 0.496 e. The van der Waals surface area contributed by atoms with Crippen LogP contribution in [0.15, 0.2) is 21.6 Å². The molecule has 0 fully saturated rings. The minimum absolute atomic E-state index is 0.229. The van der Waals surface area contributed by atoms with Crippen LogP contribution in [-0.2, 0) is 0 Å². The van der Waals surface area contributed by atoms with E-state index in [-0.39, 0.29) is 11.0 Å². The van der Waals surface area contributed by atoms with Crippen LogP contribution in [0.2, 0.25) is 0 Å². The summed E-state index contributed by atoms with van der Waals surface area (Å²) in [5.41, 5.74) is 1.29. The molecule has 112 valence electrons. The van der Waals surface area contributed by atoms with Gasteiger partial charge in [0, 0.05) is 10.2 Å². The van der Waals surface area contributed by atoms with Crippen LogP contribution in [0, 0.1) is 6.92 Å². The quantitative estimate of drug-likeness (QED) is 0.763. The number of thioether (sulfide) groups is 1. The van der Waals surface area contributed by atoms with E-state index in [0.717, 1.165) is 27.5 Å². The summed E-state index contributed by atoms with van der Waals surface area (Å²) >= 11 is 10.1. The van der Waals surface area contributed by atoms with E-state index in [0.29, 0.717) is 11.3 Å². The molecular formula is C13H14BrN3O2S2. The Morgan fingerprint density at radius 2 is 2.29 bits per heavy atom. The van der Waals surface area contributed by atoms with Gasteiger partial charge in [-0.15, -0.1) is 0 Å². The van der Waals surface area contributed by atoms with Crippen LogP contribution in [0.3, 0.4) is 0 Å². The molecule has 8 heteroatoms. The second-order valence-electron chi connectivity index (χ2n) is 4.25. The number of ether oxygens (including phenoxy) is 1. The molecule has 0 atom stereocenters. The van der Waals surface area contributed by atoms with Crippen molar-refractivity contribution in [3.8, 4) is 5.75 Å². The Hall–Kier alpha value is -1.12. The van der Waals surface area contributed by atoms with Gasteiger partial charge in [0.2, 0.25) is 0 Å². The van der Waals surface area contributed by atoms with Crippen LogP contribution in [0.25, 0.3) is 0 Å². The van der Waals surface area contributed by atoms with Crippen molar-refractivity contribution in [3.05, 3.63) is 27.7 Å². The molecule has 0 radical (unpaired) electrons. The molecule has 0 bridgehead atoms. The van der Waals surface area contributed by atoms with Gasteiger partial charge in [0.1, 0.15) is 5.75 Å². The lowest BCUT2D eigenvalue weighted by Crippen LogP contribution is -2.41. The Bertz CT molecular complexity index is 620. The summed E-state index contributed by atoms with van der Waals surface area (Å²) in [4.78, 5) is 16.5. The van der Waals surface area contributed by atoms with Gasteiger partial charge in [0.15, 0.2) is 10.3 Å². The molecular weight excluding hydrogens is 374 g/mol. The molecule has 1 amide bonds. The number of halogens is 1. The van der Waals surface area contributed by atoms with Crippen LogP contribution in [-0.4, -0.2) is 35.6 Å². The number of hydrogen-bond donors (Lipinski definition) is 2. The Morgan fingerprint density at radius 1 is 1.52 bits per heavy atom. The number of benzene rings is 1. The Balaban J connectivity index is 2.11. The zero-order valence-electron chi connectivity index (χ0n) is 11.5. The molecule has 0 aromatic heterocycles. The van der Waals surface area contributed by atoms with Gasteiger partial charge in [-0.25, -0.2) is 0 Å². The summed E-state index contributed by atoms with van der Waals surface area (Å²) in [7, 11) is 1.54. The number of rotatable bonds is 2. The molecule has 2 rings (SSSR count). The predicted molar refractivity (Wildman–Crippen MR) is 93.4 cm³/mol. The van der Waals surface area contributed by atoms with Gasteiger partial charge in [-0.1, -0.05) is 27.7 Å². The highest BCUT2D eigenvalue weighted by Gasteiger charge is 2.17. The third-order valence-corrected chi connectivity index (χ3v) is 4.27. The Labute approximate surface area is 141 Å². The van der Waals surface area contributed by atoms with E-state index in [4.69, 9.17) is 17.0 Å². The summed E-state index contributed by atoms with van der Waals surface area (Å²) < 4.78 is 6.10. The fourth-order valence-electron chi connectivity index (χ4n) is 1.88. The molecule has 1 heterocycles. The highest BCUT2D eigenvalue weighted by Crippen LogP contribution is 2.27. The molecule has 1 aromatic rings. The van der Waals surface area contributed by atoms with Crippen LogP contribution in [0.4, 0.5) is 0 Å². The second kappa shape index (κ2) is 7.24. The van der Waals surface area contributed by atoms with E-state index >= 15 is 0 Å². The van der Waals surface area contributed by atoms with E-state index < -0.39 is 0 Å². The fourth-order valence-corrected chi connectivity index (χ4v) is 3.44. The maximum atomic E-state index is 12.3. The SMILES string of the molecule is COc1c(C)cc(Br)cc1C(=O)NC(=S)NC1=NCCS1. The number of methoxy groups -OCH3 is 1. The number of carbonyl (C=O) groups is 1. The minimum Gasteiger partial charge on any atom is -0.496 e. The summed E-state index contributed by atoms with van der Waals surface area (Å²) in [6.07, 6.45) is 0. The molecule has 21 heavy (non-hydrogen) atoms. The maximum Gasteiger partial charge on any atom is 0.261 e. The van der Waals surface area contributed by atoms with Crippen molar-refractivity contribution in [2.75, 3.05) is 19.4 Å². The van der Waals surface area contributed by atoms with Crippen molar-refractivity contribution in [3.63, 3.8) is 0 Å². The first-order chi connectivity index (χ1) is 10.0. The molecule has 1 aromatic carbocycles. The number of hydrogen-bond acceptors (Lipinski definition) is 5. The molecule has 0 saturated heterocycles. The van der Waals surface area contributed by atoms with Crippen LogP contribution in [0.1, 0.15) is 15.9 Å². The fraction of sp³-hybridized carbons (Fsp3) is 0.308. The highest BCUT2D eigenvalue weighted by molar-refractivity contribution is 9.10. The topological polar surface area (TPSA) is 62.7 Å². The maximum absolute atomic E-state index is 12.3. The highest BCUT2D eigenvalue weighted by atomic mass is 79.9. The van der Waals surface area contributed by atoms with Crippen LogP contribution in [0.5, 0.6) is 5.75 Å². The third-order valence-electron chi connectivity index (χ3n) is 2.72. The van der Waals surface area contributed by atoms with E-state index in [2.05, 4.69) is 31.6 Å². The van der Waals surface area contributed by atoms with Crippen molar-refractivity contribution in [2.24, 2.45) is 4.99 Å². The zero-order valence-corrected chi connectivity index (χ0v) is 14.7. The number of carbonyl (C=O) groups excluding carboxylic acids is 1. The molecule has 0 unspecified atom stereocenters. The average Bonchev–Trinajstić information content (AvgIpc) is 2.90. The lowest BCUT2D eigenvalue weighted by Gasteiger charge is -2.13.